The fourth-order valence-corrected chi connectivity index (χ4v) is 4.55. The molecule has 0 atom stereocenters. The van der Waals surface area contributed by atoms with E-state index in [0.29, 0.717) is 22.4 Å². The molecule has 29 heavy (non-hydrogen) atoms. The Morgan fingerprint density at radius 2 is 1.86 bits per heavy atom. The fourth-order valence-electron chi connectivity index (χ4n) is 3.27. The van der Waals surface area contributed by atoms with E-state index < -0.39 is 0 Å². The molecule has 0 aliphatic heterocycles. The number of carbonyl (C=O) groups is 1. The summed E-state index contributed by atoms with van der Waals surface area (Å²) < 4.78 is 2.60. The normalized spacial score (nSPS) is 11.2. The lowest BCUT2D eigenvalue weighted by molar-refractivity contribution is -0.115. The molecular formula is C22H21ClN4OS. The molecule has 2 aromatic carbocycles. The largest absolute Gasteiger partial charge is 0.310 e. The number of hydrogen-bond acceptors (Lipinski definition) is 4. The maximum Gasteiger partial charge on any atom is 0.229 e. The van der Waals surface area contributed by atoms with Gasteiger partial charge in [0.15, 0.2) is 0 Å². The van der Waals surface area contributed by atoms with Gasteiger partial charge in [0.25, 0.3) is 0 Å². The van der Waals surface area contributed by atoms with Crippen molar-refractivity contribution in [3.63, 3.8) is 0 Å². The number of nitrogens with zero attached hydrogens (tertiary/aromatic N) is 3. The topological polar surface area (TPSA) is 59.8 Å². The number of thiazole rings is 1. The summed E-state index contributed by atoms with van der Waals surface area (Å²) in [4.78, 5) is 17.4. The van der Waals surface area contributed by atoms with Gasteiger partial charge in [-0.15, -0.1) is 0 Å². The van der Waals surface area contributed by atoms with Crippen LogP contribution in [0.4, 0.5) is 5.82 Å². The molecule has 0 unspecified atom stereocenters. The second-order valence-corrected chi connectivity index (χ2v) is 8.66. The SMILES string of the molecule is Cc1ccc(C)c(CC(=O)Nc2cc(C)nn2-c2nc3c(C)ccc(Cl)c3s2)c1. The van der Waals surface area contributed by atoms with Gasteiger partial charge in [0, 0.05) is 6.07 Å². The van der Waals surface area contributed by atoms with Gasteiger partial charge in [-0.05, 0) is 50.5 Å². The first-order chi connectivity index (χ1) is 13.8. The van der Waals surface area contributed by atoms with Crippen LogP contribution in [-0.4, -0.2) is 20.7 Å². The molecule has 0 saturated carbocycles. The van der Waals surface area contributed by atoms with Crippen molar-refractivity contribution in [2.45, 2.75) is 34.1 Å². The number of anilines is 1. The Morgan fingerprint density at radius 3 is 2.62 bits per heavy atom. The maximum absolute atomic E-state index is 12.7. The Balaban J connectivity index is 1.65. The third kappa shape index (κ3) is 3.91. The third-order valence-electron chi connectivity index (χ3n) is 4.82. The fraction of sp³-hybridized carbons (Fsp3) is 0.227. The average Bonchev–Trinajstić information content (AvgIpc) is 3.26. The van der Waals surface area contributed by atoms with Gasteiger partial charge >= 0.3 is 0 Å². The van der Waals surface area contributed by atoms with E-state index in [1.54, 1.807) is 4.68 Å². The molecule has 1 N–H and O–H groups in total. The van der Waals surface area contributed by atoms with E-state index >= 15 is 0 Å². The molecule has 0 saturated heterocycles. The van der Waals surface area contributed by atoms with E-state index in [4.69, 9.17) is 16.6 Å². The van der Waals surface area contributed by atoms with Crippen LogP contribution in [0, 0.1) is 27.7 Å². The van der Waals surface area contributed by atoms with Crippen molar-refractivity contribution in [2.24, 2.45) is 0 Å². The quantitative estimate of drug-likeness (QED) is 0.467. The molecule has 0 radical (unpaired) electrons. The van der Waals surface area contributed by atoms with E-state index in [9.17, 15) is 4.79 Å². The Hall–Kier alpha value is -2.70. The number of hydrogen-bond donors (Lipinski definition) is 1. The van der Waals surface area contributed by atoms with Crippen LogP contribution in [0.3, 0.4) is 0 Å². The summed E-state index contributed by atoms with van der Waals surface area (Å²) in [6.07, 6.45) is 0.308. The second kappa shape index (κ2) is 7.61. The number of nitrogens with one attached hydrogen (secondary N) is 1. The molecule has 0 aliphatic carbocycles. The highest BCUT2D eigenvalue weighted by atomic mass is 35.5. The molecule has 4 aromatic rings. The first kappa shape index (κ1) is 19.6. The van der Waals surface area contributed by atoms with Crippen LogP contribution in [0.5, 0.6) is 0 Å². The molecule has 4 rings (SSSR count). The van der Waals surface area contributed by atoms with E-state index in [0.717, 1.165) is 38.2 Å². The number of fused-ring (bicyclic) bond motifs is 1. The van der Waals surface area contributed by atoms with Crippen LogP contribution in [0.1, 0.15) is 27.9 Å². The highest BCUT2D eigenvalue weighted by molar-refractivity contribution is 7.21. The lowest BCUT2D eigenvalue weighted by Gasteiger charge is -2.09. The molecule has 5 nitrogen and oxygen atoms in total. The molecule has 2 heterocycles. The highest BCUT2D eigenvalue weighted by Crippen LogP contribution is 2.34. The van der Waals surface area contributed by atoms with E-state index in [1.807, 2.05) is 52.0 Å². The van der Waals surface area contributed by atoms with Crippen molar-refractivity contribution in [3.8, 4) is 5.13 Å². The smallest absolute Gasteiger partial charge is 0.229 e. The number of aryl methyl sites for hydroxylation is 4. The van der Waals surface area contributed by atoms with Gasteiger partial charge in [0.05, 0.1) is 27.4 Å². The van der Waals surface area contributed by atoms with Gasteiger partial charge in [0.2, 0.25) is 11.0 Å². The van der Waals surface area contributed by atoms with Crippen LogP contribution < -0.4 is 5.32 Å². The van der Waals surface area contributed by atoms with Gasteiger partial charge in [0.1, 0.15) is 5.82 Å². The monoisotopic (exact) mass is 424 g/mol. The van der Waals surface area contributed by atoms with Gasteiger partial charge in [-0.1, -0.05) is 52.8 Å². The Labute approximate surface area is 178 Å². The summed E-state index contributed by atoms with van der Waals surface area (Å²) in [6, 6.07) is 11.8. The molecule has 1 amide bonds. The minimum absolute atomic E-state index is 0.0878. The lowest BCUT2D eigenvalue weighted by Crippen LogP contribution is -2.17. The van der Waals surface area contributed by atoms with Crippen LogP contribution >= 0.6 is 22.9 Å². The molecule has 148 valence electrons. The number of halogens is 1. The van der Waals surface area contributed by atoms with Gasteiger partial charge in [-0.2, -0.15) is 9.78 Å². The zero-order valence-corrected chi connectivity index (χ0v) is 18.3. The third-order valence-corrected chi connectivity index (χ3v) is 6.31. The summed E-state index contributed by atoms with van der Waals surface area (Å²) in [6.45, 7) is 7.94. The molecule has 0 aliphatic rings. The Morgan fingerprint density at radius 1 is 1.10 bits per heavy atom. The van der Waals surface area contributed by atoms with E-state index in [-0.39, 0.29) is 5.91 Å². The molecule has 2 aromatic heterocycles. The molecule has 7 heteroatoms. The first-order valence-electron chi connectivity index (χ1n) is 9.30. The van der Waals surface area contributed by atoms with E-state index in [1.165, 1.54) is 11.3 Å². The number of aromatic nitrogens is 3. The van der Waals surface area contributed by atoms with Crippen LogP contribution in [-0.2, 0) is 11.2 Å². The summed E-state index contributed by atoms with van der Waals surface area (Å²) in [5.41, 5.74) is 5.98. The van der Waals surface area contributed by atoms with Gasteiger partial charge in [-0.25, -0.2) is 4.98 Å². The van der Waals surface area contributed by atoms with Crippen molar-refractivity contribution in [3.05, 3.63) is 69.4 Å². The van der Waals surface area contributed by atoms with Gasteiger partial charge < -0.3 is 5.32 Å². The van der Waals surface area contributed by atoms with Crippen LogP contribution in [0.15, 0.2) is 36.4 Å². The number of amides is 1. The van der Waals surface area contributed by atoms with Gasteiger partial charge in [-0.3, -0.25) is 4.79 Å². The second-order valence-electron chi connectivity index (χ2n) is 7.28. The van der Waals surface area contributed by atoms with Crippen molar-refractivity contribution >= 4 is 44.9 Å². The highest BCUT2D eigenvalue weighted by Gasteiger charge is 2.17. The predicted octanol–water partition coefficient (Wildman–Crippen LogP) is 5.55. The molecular weight excluding hydrogens is 404 g/mol. The van der Waals surface area contributed by atoms with E-state index in [2.05, 4.69) is 22.5 Å². The molecule has 0 spiro atoms. The van der Waals surface area contributed by atoms with Crippen molar-refractivity contribution in [1.29, 1.82) is 0 Å². The zero-order chi connectivity index (χ0) is 20.7. The molecule has 0 bridgehead atoms. The van der Waals surface area contributed by atoms with Crippen molar-refractivity contribution in [1.82, 2.24) is 14.8 Å². The standard InChI is InChI=1S/C22H21ClN4OS/c1-12-5-6-13(2)16(9-12)11-19(28)24-18-10-15(4)26-27(18)22-25-20-14(3)7-8-17(23)21(20)29-22/h5-10H,11H2,1-4H3,(H,24,28). The predicted molar refractivity (Wildman–Crippen MR) is 119 cm³/mol. The van der Waals surface area contributed by atoms with Crippen LogP contribution in [0.25, 0.3) is 15.3 Å². The average molecular weight is 425 g/mol. The Kier molecular flexibility index (Phi) is 5.15. The zero-order valence-electron chi connectivity index (χ0n) is 16.7. The summed E-state index contributed by atoms with van der Waals surface area (Å²) in [7, 11) is 0. The summed E-state index contributed by atoms with van der Waals surface area (Å²) in [5, 5.41) is 8.87. The van der Waals surface area contributed by atoms with Crippen molar-refractivity contribution in [2.75, 3.05) is 5.32 Å². The lowest BCUT2D eigenvalue weighted by atomic mass is 10.0. The molecule has 0 fully saturated rings. The number of benzene rings is 2. The minimum Gasteiger partial charge on any atom is -0.310 e. The van der Waals surface area contributed by atoms with Crippen LogP contribution in [0.2, 0.25) is 5.02 Å². The first-order valence-corrected chi connectivity index (χ1v) is 10.5. The maximum atomic E-state index is 12.7. The summed E-state index contributed by atoms with van der Waals surface area (Å²) in [5.74, 6) is 0.515. The Bertz CT molecular complexity index is 1200. The van der Waals surface area contributed by atoms with Crippen molar-refractivity contribution < 1.29 is 4.79 Å². The number of rotatable bonds is 4. The number of carbonyl (C=O) groups excluding carboxylic acids is 1. The minimum atomic E-state index is -0.0878. The summed E-state index contributed by atoms with van der Waals surface area (Å²) >= 11 is 7.81.